The third-order valence-corrected chi connectivity index (χ3v) is 2.90. The average Bonchev–Trinajstić information content (AvgIpc) is 2.33. The lowest BCUT2D eigenvalue weighted by atomic mass is 9.87. The zero-order valence-electron chi connectivity index (χ0n) is 11.7. The molecular weight excluding hydrogens is 218 g/mol. The van der Waals surface area contributed by atoms with Crippen molar-refractivity contribution >= 4 is 0 Å². The Bertz CT molecular complexity index is 468. The minimum Gasteiger partial charge on any atom is -0.398 e. The molecule has 1 nitrogen and oxygen atoms in total. The van der Waals surface area contributed by atoms with Crippen molar-refractivity contribution in [3.8, 4) is 0 Å². The number of hydrogen-bond donors (Lipinski definition) is 1. The van der Waals surface area contributed by atoms with E-state index in [0.717, 1.165) is 29.7 Å². The van der Waals surface area contributed by atoms with Gasteiger partial charge in [0, 0.05) is 11.3 Å². The fourth-order valence-corrected chi connectivity index (χ4v) is 2.12. The van der Waals surface area contributed by atoms with Crippen LogP contribution in [0, 0.1) is 0 Å². The number of hydrogen-bond acceptors (Lipinski definition) is 1. The van der Waals surface area contributed by atoms with Crippen LogP contribution in [0.25, 0.3) is 0 Å². The zero-order valence-corrected chi connectivity index (χ0v) is 11.7. The minimum atomic E-state index is 0.811. The summed E-state index contributed by atoms with van der Waals surface area (Å²) in [6, 6.07) is 0. The average molecular weight is 241 g/mol. The van der Waals surface area contributed by atoms with Gasteiger partial charge in [-0.15, -0.1) is 0 Å². The van der Waals surface area contributed by atoms with E-state index in [-0.39, 0.29) is 0 Å². The first-order chi connectivity index (χ1) is 8.63. The highest BCUT2D eigenvalue weighted by molar-refractivity contribution is 5.56. The summed E-state index contributed by atoms with van der Waals surface area (Å²) in [5, 5.41) is 0. The summed E-state index contributed by atoms with van der Waals surface area (Å²) in [6.07, 6.45) is 14.4. The predicted molar refractivity (Wildman–Crippen MR) is 81.1 cm³/mol. The fraction of sp³-hybridized carbons (Fsp3) is 0.294. The Hall–Kier alpha value is -1.76. The monoisotopic (exact) mass is 241 g/mol. The van der Waals surface area contributed by atoms with E-state index in [1.165, 1.54) is 11.1 Å². The van der Waals surface area contributed by atoms with Gasteiger partial charge in [-0.3, -0.25) is 0 Å². The summed E-state index contributed by atoms with van der Waals surface area (Å²) in [5.41, 5.74) is 11.6. The molecule has 0 aromatic rings. The van der Waals surface area contributed by atoms with Gasteiger partial charge in [-0.2, -0.15) is 0 Å². The molecule has 0 saturated carbocycles. The maximum Gasteiger partial charge on any atom is 0.0393 e. The van der Waals surface area contributed by atoms with Gasteiger partial charge >= 0.3 is 0 Å². The van der Waals surface area contributed by atoms with Gasteiger partial charge in [0.2, 0.25) is 0 Å². The Morgan fingerprint density at radius 2 is 2.11 bits per heavy atom. The summed E-state index contributed by atoms with van der Waals surface area (Å²) in [7, 11) is 0. The first-order valence-corrected chi connectivity index (χ1v) is 6.48. The normalized spacial score (nSPS) is 18.1. The lowest BCUT2D eigenvalue weighted by Gasteiger charge is -2.19. The van der Waals surface area contributed by atoms with E-state index >= 15 is 0 Å². The van der Waals surface area contributed by atoms with E-state index in [1.807, 2.05) is 26.0 Å². The highest BCUT2D eigenvalue weighted by Crippen LogP contribution is 2.31. The largest absolute Gasteiger partial charge is 0.398 e. The van der Waals surface area contributed by atoms with Crippen LogP contribution in [0.4, 0.5) is 0 Å². The molecular formula is C17H23N. The molecule has 0 bridgehead atoms. The van der Waals surface area contributed by atoms with Crippen LogP contribution in [-0.2, 0) is 0 Å². The molecule has 0 amide bonds. The Balaban J connectivity index is 3.18. The van der Waals surface area contributed by atoms with Gasteiger partial charge in [-0.05, 0) is 49.5 Å². The van der Waals surface area contributed by atoms with Crippen LogP contribution in [0.15, 0.2) is 71.0 Å². The Kier molecular flexibility index (Phi) is 5.44. The topological polar surface area (TPSA) is 26.0 Å². The van der Waals surface area contributed by atoms with Crippen molar-refractivity contribution in [2.24, 2.45) is 5.73 Å². The van der Waals surface area contributed by atoms with E-state index in [9.17, 15) is 0 Å². The molecule has 0 heterocycles. The molecule has 0 atom stereocenters. The predicted octanol–water partition coefficient (Wildman–Crippen LogP) is 4.57. The summed E-state index contributed by atoms with van der Waals surface area (Å²) >= 11 is 0. The highest BCUT2D eigenvalue weighted by atomic mass is 14.6. The molecule has 1 aliphatic rings. The van der Waals surface area contributed by atoms with Gasteiger partial charge < -0.3 is 5.73 Å². The van der Waals surface area contributed by atoms with E-state index in [0.29, 0.717) is 0 Å². The molecule has 18 heavy (non-hydrogen) atoms. The summed E-state index contributed by atoms with van der Waals surface area (Å²) in [5.74, 6) is 0. The van der Waals surface area contributed by atoms with Crippen LogP contribution in [0.5, 0.6) is 0 Å². The zero-order chi connectivity index (χ0) is 13.5. The maximum atomic E-state index is 6.12. The molecule has 0 aliphatic heterocycles. The van der Waals surface area contributed by atoms with Gasteiger partial charge in [0.1, 0.15) is 0 Å². The molecule has 0 aromatic carbocycles. The van der Waals surface area contributed by atoms with Crippen LogP contribution in [-0.4, -0.2) is 0 Å². The van der Waals surface area contributed by atoms with Crippen LogP contribution in [0.2, 0.25) is 0 Å². The molecule has 0 saturated heterocycles. The van der Waals surface area contributed by atoms with Crippen LogP contribution >= 0.6 is 0 Å². The number of nitrogens with two attached hydrogens (primary N) is 1. The van der Waals surface area contributed by atoms with E-state index in [1.54, 1.807) is 0 Å². The Morgan fingerprint density at radius 3 is 2.61 bits per heavy atom. The van der Waals surface area contributed by atoms with Crippen LogP contribution in [0.1, 0.15) is 33.6 Å². The standard InChI is InChI=1S/C17H23N/c1-5-8-14(9-6-2)15-11-13(4)16(10-7-3)17(18)12-15/h5,7-10,12H,4,6,11,18H2,1-3H3/b8-5-,10-7-,14-9+. The first kappa shape index (κ1) is 14.3. The first-order valence-electron chi connectivity index (χ1n) is 6.48. The lowest BCUT2D eigenvalue weighted by Crippen LogP contribution is -2.08. The van der Waals surface area contributed by atoms with Crippen molar-refractivity contribution in [2.75, 3.05) is 0 Å². The number of allylic oxidation sites excluding steroid dienone is 10. The summed E-state index contributed by atoms with van der Waals surface area (Å²) < 4.78 is 0. The van der Waals surface area contributed by atoms with Crippen molar-refractivity contribution in [1.29, 1.82) is 0 Å². The molecule has 0 aromatic heterocycles. The molecule has 0 unspecified atom stereocenters. The van der Waals surface area contributed by atoms with Gasteiger partial charge in [0.15, 0.2) is 0 Å². The minimum absolute atomic E-state index is 0.811. The van der Waals surface area contributed by atoms with Gasteiger partial charge in [0.25, 0.3) is 0 Å². The second-order valence-electron chi connectivity index (χ2n) is 4.39. The summed E-state index contributed by atoms with van der Waals surface area (Å²) in [4.78, 5) is 0. The Labute approximate surface area is 111 Å². The highest BCUT2D eigenvalue weighted by Gasteiger charge is 2.14. The lowest BCUT2D eigenvalue weighted by molar-refractivity contribution is 1.08. The van der Waals surface area contributed by atoms with Crippen molar-refractivity contribution in [1.82, 2.24) is 0 Å². The molecule has 96 valence electrons. The second kappa shape index (κ2) is 6.85. The molecule has 0 fully saturated rings. The van der Waals surface area contributed by atoms with Crippen molar-refractivity contribution in [3.05, 3.63) is 71.0 Å². The van der Waals surface area contributed by atoms with Crippen molar-refractivity contribution < 1.29 is 0 Å². The van der Waals surface area contributed by atoms with Gasteiger partial charge in [-0.25, -0.2) is 0 Å². The van der Waals surface area contributed by atoms with Gasteiger partial charge in [-0.1, -0.05) is 43.9 Å². The second-order valence-corrected chi connectivity index (χ2v) is 4.39. The fourth-order valence-electron chi connectivity index (χ4n) is 2.12. The van der Waals surface area contributed by atoms with Crippen LogP contribution < -0.4 is 5.73 Å². The SMILES string of the molecule is C=C1CC(C(/C=C\C)=C/CC)=CC(N)=C1/C=C\C. The third kappa shape index (κ3) is 3.36. The molecule has 1 rings (SSSR count). The van der Waals surface area contributed by atoms with Crippen molar-refractivity contribution in [2.45, 2.75) is 33.6 Å². The third-order valence-electron chi connectivity index (χ3n) is 2.90. The molecule has 2 N–H and O–H groups in total. The van der Waals surface area contributed by atoms with E-state index < -0.39 is 0 Å². The van der Waals surface area contributed by atoms with Gasteiger partial charge in [0.05, 0.1) is 0 Å². The number of rotatable bonds is 4. The summed E-state index contributed by atoms with van der Waals surface area (Å²) in [6.45, 7) is 10.3. The Morgan fingerprint density at radius 1 is 1.39 bits per heavy atom. The molecule has 0 spiro atoms. The van der Waals surface area contributed by atoms with E-state index in [2.05, 4.69) is 37.8 Å². The maximum absolute atomic E-state index is 6.12. The van der Waals surface area contributed by atoms with Crippen molar-refractivity contribution in [3.63, 3.8) is 0 Å². The molecule has 0 radical (unpaired) electrons. The smallest absolute Gasteiger partial charge is 0.0393 e. The quantitative estimate of drug-likeness (QED) is 0.717. The molecule has 1 aliphatic carbocycles. The van der Waals surface area contributed by atoms with E-state index in [4.69, 9.17) is 5.73 Å². The van der Waals surface area contributed by atoms with Crippen LogP contribution in [0.3, 0.4) is 0 Å². The molecule has 1 heteroatoms.